The first kappa shape index (κ1) is 23.6. The molecule has 32 heavy (non-hydrogen) atoms. The van der Waals surface area contributed by atoms with Gasteiger partial charge in [-0.1, -0.05) is 45.7 Å². The second-order valence-electron chi connectivity index (χ2n) is 8.07. The molecule has 0 aliphatic rings. The van der Waals surface area contributed by atoms with Crippen LogP contribution in [0.1, 0.15) is 71.2 Å². The molecule has 0 radical (unpaired) electrons. The highest BCUT2D eigenvalue weighted by Crippen LogP contribution is 2.27. The van der Waals surface area contributed by atoms with Crippen LogP contribution in [-0.4, -0.2) is 26.9 Å². The van der Waals surface area contributed by atoms with Crippen molar-refractivity contribution in [3.63, 3.8) is 0 Å². The second-order valence-corrected chi connectivity index (χ2v) is 8.07. The molecule has 0 saturated heterocycles. The number of benzene rings is 2. The standard InChI is InChI=1S/C26H32FN3O2/c1-4-7-13-24(31)29(18-8-5-2)23(6-3)25-28-22-12-10-9-11-21(22)26(32)30(25)20-16-14-19(27)15-17-20/h9-12,14-17,23H,4-8,13,18H2,1-3H3. The number of amides is 1. The number of nitrogens with zero attached hydrogens (tertiary/aromatic N) is 3. The highest BCUT2D eigenvalue weighted by atomic mass is 19.1. The number of aromatic nitrogens is 2. The van der Waals surface area contributed by atoms with Gasteiger partial charge in [-0.3, -0.25) is 14.2 Å². The van der Waals surface area contributed by atoms with Gasteiger partial charge in [0.1, 0.15) is 11.6 Å². The molecule has 170 valence electrons. The van der Waals surface area contributed by atoms with E-state index >= 15 is 0 Å². The van der Waals surface area contributed by atoms with E-state index in [9.17, 15) is 14.0 Å². The molecule has 0 aliphatic heterocycles. The first-order valence-electron chi connectivity index (χ1n) is 11.6. The number of para-hydroxylation sites is 1. The topological polar surface area (TPSA) is 55.2 Å². The van der Waals surface area contributed by atoms with E-state index in [0.717, 1.165) is 25.7 Å². The maximum atomic E-state index is 13.6. The smallest absolute Gasteiger partial charge is 0.266 e. The molecular weight excluding hydrogens is 405 g/mol. The van der Waals surface area contributed by atoms with Gasteiger partial charge in [0.2, 0.25) is 5.91 Å². The summed E-state index contributed by atoms with van der Waals surface area (Å²) in [7, 11) is 0. The van der Waals surface area contributed by atoms with Gasteiger partial charge in [0.25, 0.3) is 5.56 Å². The lowest BCUT2D eigenvalue weighted by Gasteiger charge is -2.32. The Morgan fingerprint density at radius 3 is 2.38 bits per heavy atom. The first-order chi connectivity index (χ1) is 15.5. The van der Waals surface area contributed by atoms with Crippen LogP contribution in [0.5, 0.6) is 0 Å². The minimum absolute atomic E-state index is 0.0835. The number of rotatable bonds is 10. The van der Waals surface area contributed by atoms with Crippen molar-refractivity contribution in [3.8, 4) is 5.69 Å². The summed E-state index contributed by atoms with van der Waals surface area (Å²) in [5.41, 5.74) is 0.924. The molecule has 1 amide bonds. The fourth-order valence-corrected chi connectivity index (χ4v) is 4.01. The fraction of sp³-hybridized carbons (Fsp3) is 0.423. The lowest BCUT2D eigenvalue weighted by Crippen LogP contribution is -2.39. The van der Waals surface area contributed by atoms with Gasteiger partial charge >= 0.3 is 0 Å². The number of carbonyl (C=O) groups excluding carboxylic acids is 1. The van der Waals surface area contributed by atoms with Gasteiger partial charge in [0.15, 0.2) is 0 Å². The van der Waals surface area contributed by atoms with Crippen molar-refractivity contribution < 1.29 is 9.18 Å². The Labute approximate surface area is 188 Å². The van der Waals surface area contributed by atoms with Crippen molar-refractivity contribution in [2.75, 3.05) is 6.54 Å². The summed E-state index contributed by atoms with van der Waals surface area (Å²) in [4.78, 5) is 33.5. The van der Waals surface area contributed by atoms with E-state index in [0.29, 0.717) is 41.8 Å². The lowest BCUT2D eigenvalue weighted by molar-refractivity contribution is -0.134. The molecule has 0 spiro atoms. The third kappa shape index (κ3) is 5.06. The number of halogens is 1. The minimum Gasteiger partial charge on any atom is -0.333 e. The second kappa shape index (κ2) is 11.0. The van der Waals surface area contributed by atoms with Gasteiger partial charge in [-0.2, -0.15) is 0 Å². The average molecular weight is 438 g/mol. The molecule has 2 aromatic carbocycles. The maximum absolute atomic E-state index is 13.6. The van der Waals surface area contributed by atoms with Gasteiger partial charge < -0.3 is 4.90 Å². The molecule has 5 nitrogen and oxygen atoms in total. The lowest BCUT2D eigenvalue weighted by atomic mass is 10.1. The van der Waals surface area contributed by atoms with Crippen LogP contribution in [-0.2, 0) is 4.79 Å². The molecule has 0 N–H and O–H groups in total. The minimum atomic E-state index is -0.372. The van der Waals surface area contributed by atoms with Gasteiger partial charge in [-0.05, 0) is 55.7 Å². The molecule has 0 saturated carbocycles. The molecule has 3 rings (SSSR count). The highest BCUT2D eigenvalue weighted by Gasteiger charge is 2.28. The van der Waals surface area contributed by atoms with E-state index in [-0.39, 0.29) is 23.3 Å². The van der Waals surface area contributed by atoms with Crippen LogP contribution >= 0.6 is 0 Å². The molecule has 1 aromatic heterocycles. The Hall–Kier alpha value is -3.02. The molecule has 0 fully saturated rings. The Balaban J connectivity index is 2.22. The van der Waals surface area contributed by atoms with Gasteiger partial charge in [-0.25, -0.2) is 9.37 Å². The average Bonchev–Trinajstić information content (AvgIpc) is 2.81. The predicted molar refractivity (Wildman–Crippen MR) is 126 cm³/mol. The van der Waals surface area contributed by atoms with Crippen molar-refractivity contribution >= 4 is 16.8 Å². The van der Waals surface area contributed by atoms with Crippen LogP contribution in [0.2, 0.25) is 0 Å². The number of carbonyl (C=O) groups is 1. The zero-order valence-corrected chi connectivity index (χ0v) is 19.2. The molecule has 3 aromatic rings. The van der Waals surface area contributed by atoms with Crippen molar-refractivity contribution in [1.82, 2.24) is 14.5 Å². The van der Waals surface area contributed by atoms with Gasteiger partial charge in [0.05, 0.1) is 22.6 Å². The third-order valence-electron chi connectivity index (χ3n) is 5.76. The number of hydrogen-bond acceptors (Lipinski definition) is 3. The molecule has 1 unspecified atom stereocenters. The summed E-state index contributed by atoms with van der Waals surface area (Å²) in [5.74, 6) is 0.229. The number of unbranched alkanes of at least 4 members (excludes halogenated alkanes) is 2. The molecule has 6 heteroatoms. The zero-order valence-electron chi connectivity index (χ0n) is 19.2. The molecular formula is C26H32FN3O2. The van der Waals surface area contributed by atoms with Crippen LogP contribution < -0.4 is 5.56 Å². The van der Waals surface area contributed by atoms with Crippen LogP contribution in [0.25, 0.3) is 16.6 Å². The van der Waals surface area contributed by atoms with E-state index in [1.54, 1.807) is 28.8 Å². The third-order valence-corrected chi connectivity index (χ3v) is 5.76. The van der Waals surface area contributed by atoms with E-state index in [1.807, 2.05) is 24.0 Å². The normalized spacial score (nSPS) is 12.1. The summed E-state index contributed by atoms with van der Waals surface area (Å²) < 4.78 is 15.2. The van der Waals surface area contributed by atoms with Crippen molar-refractivity contribution in [2.24, 2.45) is 0 Å². The molecule has 0 aliphatic carbocycles. The van der Waals surface area contributed by atoms with Gasteiger partial charge in [0, 0.05) is 13.0 Å². The Bertz CT molecular complexity index is 1110. The predicted octanol–water partition coefficient (Wildman–Crippen LogP) is 5.79. The summed E-state index contributed by atoms with van der Waals surface area (Å²) in [5, 5.41) is 0.493. The summed E-state index contributed by atoms with van der Waals surface area (Å²) in [6.45, 7) is 6.78. The molecule has 0 bridgehead atoms. The zero-order chi connectivity index (χ0) is 23.1. The van der Waals surface area contributed by atoms with Gasteiger partial charge in [-0.15, -0.1) is 0 Å². The number of hydrogen-bond donors (Lipinski definition) is 0. The van der Waals surface area contributed by atoms with Crippen molar-refractivity contribution in [1.29, 1.82) is 0 Å². The number of fused-ring (bicyclic) bond motifs is 1. The summed E-state index contributed by atoms with van der Waals surface area (Å²) in [6.07, 6.45) is 4.71. The van der Waals surface area contributed by atoms with E-state index in [4.69, 9.17) is 4.98 Å². The molecule has 1 heterocycles. The Kier molecular flexibility index (Phi) is 8.14. The first-order valence-corrected chi connectivity index (χ1v) is 11.6. The highest BCUT2D eigenvalue weighted by molar-refractivity contribution is 5.79. The van der Waals surface area contributed by atoms with Crippen LogP contribution in [0.3, 0.4) is 0 Å². The Morgan fingerprint density at radius 2 is 1.72 bits per heavy atom. The summed E-state index contributed by atoms with van der Waals surface area (Å²) >= 11 is 0. The van der Waals surface area contributed by atoms with Crippen LogP contribution in [0.15, 0.2) is 53.3 Å². The van der Waals surface area contributed by atoms with E-state index in [2.05, 4.69) is 13.8 Å². The molecule has 1 atom stereocenters. The SMILES string of the molecule is CCCCC(=O)N(CCCC)C(CC)c1nc2ccccc2c(=O)n1-c1ccc(F)cc1. The van der Waals surface area contributed by atoms with Crippen LogP contribution in [0.4, 0.5) is 4.39 Å². The van der Waals surface area contributed by atoms with E-state index in [1.165, 1.54) is 12.1 Å². The Morgan fingerprint density at radius 1 is 1.03 bits per heavy atom. The summed E-state index contributed by atoms with van der Waals surface area (Å²) in [6, 6.07) is 12.7. The fourth-order valence-electron chi connectivity index (χ4n) is 4.01. The quantitative estimate of drug-likeness (QED) is 0.403. The maximum Gasteiger partial charge on any atom is 0.266 e. The van der Waals surface area contributed by atoms with Crippen LogP contribution in [0, 0.1) is 5.82 Å². The monoisotopic (exact) mass is 437 g/mol. The van der Waals surface area contributed by atoms with Crippen molar-refractivity contribution in [3.05, 3.63) is 70.5 Å². The van der Waals surface area contributed by atoms with Crippen molar-refractivity contribution in [2.45, 2.75) is 65.3 Å². The van der Waals surface area contributed by atoms with E-state index < -0.39 is 0 Å². The largest absolute Gasteiger partial charge is 0.333 e.